The lowest BCUT2D eigenvalue weighted by atomic mass is 10.2. The summed E-state index contributed by atoms with van der Waals surface area (Å²) in [6.07, 6.45) is 5.33. The highest BCUT2D eigenvalue weighted by Crippen LogP contribution is 2.08. The van der Waals surface area contributed by atoms with E-state index in [1.54, 1.807) is 7.05 Å². The first-order chi connectivity index (χ1) is 9.32. The van der Waals surface area contributed by atoms with E-state index in [4.69, 9.17) is 4.55 Å². The topological polar surface area (TPSA) is 104 Å². The highest BCUT2D eigenvalue weighted by atomic mass is 32.2. The second-order valence-corrected chi connectivity index (χ2v) is 5.85. The Morgan fingerprint density at radius 3 is 2.55 bits per heavy atom. The van der Waals surface area contributed by atoms with Crippen molar-refractivity contribution in [2.45, 2.75) is 24.5 Å². The number of nitrogens with zero attached hydrogens (tertiary/aromatic N) is 2. The van der Waals surface area contributed by atoms with Crippen molar-refractivity contribution >= 4 is 28.5 Å². The highest BCUT2D eigenvalue weighted by Gasteiger charge is 2.20. The average molecular weight is 304 g/mol. The van der Waals surface area contributed by atoms with Gasteiger partial charge in [-0.05, 0) is 25.3 Å². The molecule has 1 amide bonds. The molecule has 0 aromatic carbocycles. The van der Waals surface area contributed by atoms with Crippen LogP contribution in [0.1, 0.15) is 19.3 Å². The molecule has 0 heterocycles. The zero-order valence-electron chi connectivity index (χ0n) is 11.6. The van der Waals surface area contributed by atoms with Crippen molar-refractivity contribution in [2.75, 3.05) is 20.6 Å². The van der Waals surface area contributed by atoms with Gasteiger partial charge in [0, 0.05) is 32.9 Å². The monoisotopic (exact) mass is 304 g/mol. The van der Waals surface area contributed by atoms with E-state index in [-0.39, 0.29) is 12.3 Å². The number of allylic oxidation sites excluding steroid dienone is 1. The Kier molecular flexibility index (Phi) is 8.66. The SMILES string of the molecule is CN=CC(CCCCN(C)C(=O)/C=C\C=O)S(=O)(=O)O. The van der Waals surface area contributed by atoms with Crippen LogP contribution in [0.3, 0.4) is 0 Å². The van der Waals surface area contributed by atoms with Gasteiger partial charge in [0.05, 0.1) is 0 Å². The number of carbonyl (C=O) groups excluding carboxylic acids is 2. The molecule has 1 unspecified atom stereocenters. The molecule has 7 nitrogen and oxygen atoms in total. The summed E-state index contributed by atoms with van der Waals surface area (Å²) < 4.78 is 31.0. The van der Waals surface area contributed by atoms with Crippen LogP contribution in [-0.4, -0.2) is 62.2 Å². The van der Waals surface area contributed by atoms with Crippen LogP contribution in [0.5, 0.6) is 0 Å². The number of carbonyl (C=O) groups is 2. The van der Waals surface area contributed by atoms with Crippen molar-refractivity contribution in [2.24, 2.45) is 4.99 Å². The summed E-state index contributed by atoms with van der Waals surface area (Å²) in [7, 11) is -1.11. The van der Waals surface area contributed by atoms with Gasteiger partial charge in [-0.1, -0.05) is 0 Å². The van der Waals surface area contributed by atoms with Gasteiger partial charge in [-0.2, -0.15) is 8.42 Å². The molecular weight excluding hydrogens is 284 g/mol. The van der Waals surface area contributed by atoms with Gasteiger partial charge in [0.1, 0.15) is 11.5 Å². The largest absolute Gasteiger partial charge is 0.342 e. The van der Waals surface area contributed by atoms with E-state index in [0.717, 1.165) is 12.2 Å². The Morgan fingerprint density at radius 1 is 1.40 bits per heavy atom. The molecule has 0 aliphatic rings. The number of amides is 1. The van der Waals surface area contributed by atoms with E-state index in [2.05, 4.69) is 4.99 Å². The number of hydrogen-bond acceptors (Lipinski definition) is 5. The van der Waals surface area contributed by atoms with Crippen LogP contribution < -0.4 is 0 Å². The van der Waals surface area contributed by atoms with Crippen molar-refractivity contribution in [3.05, 3.63) is 12.2 Å². The van der Waals surface area contributed by atoms with Crippen LogP contribution in [0.15, 0.2) is 17.1 Å². The molecule has 0 bridgehead atoms. The zero-order chi connectivity index (χ0) is 15.6. The summed E-state index contributed by atoms with van der Waals surface area (Å²) >= 11 is 0. The van der Waals surface area contributed by atoms with Crippen LogP contribution in [0.2, 0.25) is 0 Å². The van der Waals surface area contributed by atoms with Gasteiger partial charge >= 0.3 is 0 Å². The van der Waals surface area contributed by atoms with Gasteiger partial charge in [0.25, 0.3) is 10.1 Å². The molecule has 0 aliphatic carbocycles. The molecule has 0 aliphatic heterocycles. The second kappa shape index (κ2) is 9.38. The molecule has 114 valence electrons. The zero-order valence-corrected chi connectivity index (χ0v) is 12.4. The minimum Gasteiger partial charge on any atom is -0.342 e. The maximum atomic E-state index is 11.4. The Morgan fingerprint density at radius 2 is 2.05 bits per heavy atom. The molecule has 0 rings (SSSR count). The maximum absolute atomic E-state index is 11.4. The van der Waals surface area contributed by atoms with Gasteiger partial charge in [-0.3, -0.25) is 19.1 Å². The third-order valence-electron chi connectivity index (χ3n) is 2.62. The fraction of sp³-hybridized carbons (Fsp3) is 0.583. The molecule has 8 heteroatoms. The minimum atomic E-state index is -4.14. The summed E-state index contributed by atoms with van der Waals surface area (Å²) in [6.45, 7) is 0.434. The van der Waals surface area contributed by atoms with E-state index < -0.39 is 15.4 Å². The van der Waals surface area contributed by atoms with Gasteiger partial charge < -0.3 is 4.90 Å². The standard InChI is InChI=1S/C12H20N2O5S/c1-13-10-11(20(17,18)19)6-3-4-8-14(2)12(16)7-5-9-15/h5,7,9-11H,3-4,6,8H2,1-2H3,(H,17,18,19)/b7-5-,13-10?. The van der Waals surface area contributed by atoms with E-state index in [1.807, 2.05) is 0 Å². The summed E-state index contributed by atoms with van der Waals surface area (Å²) in [5.41, 5.74) is 0. The lowest BCUT2D eigenvalue weighted by molar-refractivity contribution is -0.125. The number of unbranched alkanes of at least 4 members (excludes halogenated alkanes) is 1. The lowest BCUT2D eigenvalue weighted by Crippen LogP contribution is -2.26. The quantitative estimate of drug-likeness (QED) is 0.217. The maximum Gasteiger partial charge on any atom is 0.272 e. The molecule has 1 N–H and O–H groups in total. The Balaban J connectivity index is 4.15. The first-order valence-corrected chi connectivity index (χ1v) is 7.58. The molecule has 0 radical (unpaired) electrons. The number of hydrogen-bond donors (Lipinski definition) is 1. The smallest absolute Gasteiger partial charge is 0.272 e. The van der Waals surface area contributed by atoms with Crippen molar-refractivity contribution in [1.29, 1.82) is 0 Å². The van der Waals surface area contributed by atoms with Gasteiger partial charge in [-0.15, -0.1) is 0 Å². The van der Waals surface area contributed by atoms with Crippen molar-refractivity contribution in [3.63, 3.8) is 0 Å². The highest BCUT2D eigenvalue weighted by molar-refractivity contribution is 7.87. The van der Waals surface area contributed by atoms with Gasteiger partial charge in [0.15, 0.2) is 0 Å². The number of aldehydes is 1. The molecule has 0 fully saturated rings. The Labute approximate surface area is 119 Å². The average Bonchev–Trinajstić information content (AvgIpc) is 2.37. The lowest BCUT2D eigenvalue weighted by Gasteiger charge is -2.15. The molecular formula is C12H20N2O5S. The van der Waals surface area contributed by atoms with E-state index in [1.165, 1.54) is 18.2 Å². The van der Waals surface area contributed by atoms with E-state index >= 15 is 0 Å². The van der Waals surface area contributed by atoms with Crippen LogP contribution in [0.25, 0.3) is 0 Å². The molecule has 1 atom stereocenters. The van der Waals surface area contributed by atoms with Crippen LogP contribution in [-0.2, 0) is 19.7 Å². The number of rotatable bonds is 9. The molecule has 0 spiro atoms. The summed E-state index contributed by atoms with van der Waals surface area (Å²) in [5, 5.41) is -1.01. The third kappa shape index (κ3) is 7.80. The fourth-order valence-corrected chi connectivity index (χ4v) is 2.26. The third-order valence-corrected chi connectivity index (χ3v) is 3.75. The minimum absolute atomic E-state index is 0.238. The molecule has 0 aromatic rings. The van der Waals surface area contributed by atoms with Gasteiger partial charge in [-0.25, -0.2) is 0 Å². The summed E-state index contributed by atoms with van der Waals surface area (Å²) in [6, 6.07) is 0. The van der Waals surface area contributed by atoms with Crippen molar-refractivity contribution in [3.8, 4) is 0 Å². The molecule has 20 heavy (non-hydrogen) atoms. The van der Waals surface area contributed by atoms with Crippen LogP contribution in [0, 0.1) is 0 Å². The van der Waals surface area contributed by atoms with E-state index in [0.29, 0.717) is 25.7 Å². The van der Waals surface area contributed by atoms with Crippen LogP contribution >= 0.6 is 0 Å². The Bertz CT molecular complexity index is 470. The predicted molar refractivity (Wildman–Crippen MR) is 76.4 cm³/mol. The van der Waals surface area contributed by atoms with Crippen molar-refractivity contribution < 1.29 is 22.6 Å². The fourth-order valence-electron chi connectivity index (χ4n) is 1.52. The van der Waals surface area contributed by atoms with Gasteiger partial charge in [0.2, 0.25) is 5.91 Å². The molecule has 0 saturated carbocycles. The number of aliphatic imine (C=N–C) groups is 1. The predicted octanol–water partition coefficient (Wildman–Crippen LogP) is 0.327. The summed E-state index contributed by atoms with van der Waals surface area (Å²) in [4.78, 5) is 26.5. The molecule has 0 aromatic heterocycles. The Hall–Kier alpha value is -1.54. The normalized spacial score (nSPS) is 13.8. The first-order valence-electron chi connectivity index (χ1n) is 6.08. The van der Waals surface area contributed by atoms with E-state index in [9.17, 15) is 18.0 Å². The van der Waals surface area contributed by atoms with Crippen LogP contribution in [0.4, 0.5) is 0 Å². The summed E-state index contributed by atoms with van der Waals surface area (Å²) in [5.74, 6) is -0.293. The number of likely N-dealkylation sites (N-methyl/N-ethyl adjacent to an activating group) is 1. The second-order valence-electron chi connectivity index (χ2n) is 4.21. The first kappa shape index (κ1) is 18.5. The van der Waals surface area contributed by atoms with Crippen molar-refractivity contribution in [1.82, 2.24) is 4.90 Å². The molecule has 0 saturated heterocycles.